The Bertz CT molecular complexity index is 9330. The molecule has 143 heavy (non-hydrogen) atoms. The maximum atomic E-state index is 5.19. The van der Waals surface area contributed by atoms with E-state index in [2.05, 4.69) is 469 Å². The third kappa shape index (κ3) is 16.6. The first-order valence-electron chi connectivity index (χ1n) is 48.6. The van der Waals surface area contributed by atoms with Gasteiger partial charge in [0.2, 0.25) is 0 Å². The summed E-state index contributed by atoms with van der Waals surface area (Å²) >= 11 is 0. The van der Waals surface area contributed by atoms with Crippen molar-refractivity contribution in [3.05, 3.63) is 552 Å². The van der Waals surface area contributed by atoms with Gasteiger partial charge < -0.3 is 0 Å². The highest BCUT2D eigenvalue weighted by Gasteiger charge is 2.31. The summed E-state index contributed by atoms with van der Waals surface area (Å²) in [6.45, 7) is 0. The first-order valence-corrected chi connectivity index (χ1v) is 48.6. The molecule has 6 aromatic heterocycles. The van der Waals surface area contributed by atoms with Crippen molar-refractivity contribution in [3.63, 3.8) is 0 Å². The number of aliphatic imine (C=N–C) groups is 1. The molecule has 1 atom stereocenters. The van der Waals surface area contributed by atoms with Crippen LogP contribution in [-0.4, -0.2) is 35.6 Å². The van der Waals surface area contributed by atoms with Crippen molar-refractivity contribution in [2.24, 2.45) is 4.99 Å². The van der Waals surface area contributed by atoms with E-state index in [9.17, 15) is 0 Å². The number of benzene rings is 20. The van der Waals surface area contributed by atoms with Crippen LogP contribution < -0.4 is 0 Å². The third-order valence-corrected chi connectivity index (χ3v) is 28.1. The van der Waals surface area contributed by atoms with Gasteiger partial charge in [-0.15, -0.1) is 0 Å². The molecule has 27 rings (SSSR count). The van der Waals surface area contributed by atoms with E-state index in [4.69, 9.17) is 15.0 Å². The van der Waals surface area contributed by atoms with E-state index < -0.39 is 0 Å². The van der Waals surface area contributed by atoms with Crippen LogP contribution in [0, 0.1) is 0 Å². The number of pyridine rings is 6. The summed E-state index contributed by atoms with van der Waals surface area (Å²) in [5, 5.41) is 19.6. The summed E-state index contributed by atoms with van der Waals surface area (Å²) in [5.41, 5.74) is 35.4. The van der Waals surface area contributed by atoms with Gasteiger partial charge >= 0.3 is 0 Å². The van der Waals surface area contributed by atoms with Gasteiger partial charge in [0.15, 0.2) is 0 Å². The Labute approximate surface area is 829 Å². The number of nitrogens with zero attached hydrogens (tertiary/aromatic N) is 7. The highest BCUT2D eigenvalue weighted by molar-refractivity contribution is 6.26. The van der Waals surface area contributed by atoms with Crippen molar-refractivity contribution >= 4 is 97.6 Å². The molecule has 0 N–H and O–H groups in total. The van der Waals surface area contributed by atoms with Crippen LogP contribution in [-0.2, 0) is 0 Å². The molecule has 0 saturated heterocycles. The van der Waals surface area contributed by atoms with Crippen LogP contribution in [0.3, 0.4) is 0 Å². The smallest absolute Gasteiger partial charge is 0.0886 e. The average molecular weight is 1820 g/mol. The minimum atomic E-state index is 0.107. The molecule has 0 amide bonds. The summed E-state index contributed by atoms with van der Waals surface area (Å²) < 4.78 is 0. The summed E-state index contributed by atoms with van der Waals surface area (Å²) in [4.78, 5) is 32.3. The van der Waals surface area contributed by atoms with Crippen molar-refractivity contribution < 1.29 is 0 Å². The molecule has 20 aromatic carbocycles. The lowest BCUT2D eigenvalue weighted by Crippen LogP contribution is -2.11. The molecule has 668 valence electrons. The lowest BCUT2D eigenvalue weighted by molar-refractivity contribution is 1.11. The first kappa shape index (κ1) is 85.7. The van der Waals surface area contributed by atoms with Crippen molar-refractivity contribution in [1.29, 1.82) is 0 Å². The SMILES string of the molecule is c1ccc(-c2ccc3c(-c4ccc(-c5ccccn5)nc4)c4ccccc4c(-c4ccc(-c5ccccn5)nc4)c3c2)cc1.c1ccc(-c2ccc3c(-c4cccc(-c5ccncc5)c4)c4ccccc4c(-c4cccc(-c5ccncc5)c4)c3c2)cc1.c1ccc(C2C(c3ccc(-c4ccc5c(-c6ccc7ccccc7c6)c6ccccc6c(-c6ccc7ccccc7c6)c5c4)cc3)=Nc3ccccc32)cc1. The van der Waals surface area contributed by atoms with Crippen LogP contribution in [0.1, 0.15) is 22.6 Å². The minimum Gasteiger partial charge on any atom is -0.265 e. The molecule has 7 heteroatoms. The lowest BCUT2D eigenvalue weighted by atomic mass is 9.84. The average Bonchev–Trinajstić information content (AvgIpc) is 1.12. The molecule has 26 aromatic rings. The Hall–Kier alpha value is -19.0. The summed E-state index contributed by atoms with van der Waals surface area (Å²) in [6.07, 6.45) is 15.0. The van der Waals surface area contributed by atoms with Crippen LogP contribution >= 0.6 is 0 Å². The first-order chi connectivity index (χ1) is 70.9. The molecule has 1 aliphatic heterocycles. The second-order valence-corrected chi connectivity index (χ2v) is 36.4. The van der Waals surface area contributed by atoms with Crippen LogP contribution in [0.15, 0.2) is 540 Å². The Kier molecular flexibility index (Phi) is 22.7. The van der Waals surface area contributed by atoms with Crippen molar-refractivity contribution in [2.45, 2.75) is 5.92 Å². The number of hydrogen-bond donors (Lipinski definition) is 0. The molecule has 1 aliphatic rings. The maximum Gasteiger partial charge on any atom is 0.0886 e. The summed E-state index contributed by atoms with van der Waals surface area (Å²) in [7, 11) is 0. The Morgan fingerprint density at radius 1 is 0.154 bits per heavy atom. The monoisotopic (exact) mass is 1820 g/mol. The number of rotatable bonds is 15. The molecule has 0 bridgehead atoms. The minimum absolute atomic E-state index is 0.107. The van der Waals surface area contributed by atoms with Gasteiger partial charge in [-0.1, -0.05) is 376 Å². The Balaban J connectivity index is 0.000000114. The maximum absolute atomic E-state index is 5.19. The quantitative estimate of drug-likeness (QED) is 0.0950. The normalized spacial score (nSPS) is 12.2. The Morgan fingerprint density at radius 3 is 0.867 bits per heavy atom. The van der Waals surface area contributed by atoms with Crippen molar-refractivity contribution in [1.82, 2.24) is 29.9 Å². The zero-order valence-corrected chi connectivity index (χ0v) is 78.0. The molecular weight excluding hydrogens is 1730 g/mol. The number of para-hydroxylation sites is 1. The van der Waals surface area contributed by atoms with Gasteiger partial charge in [-0.05, 0) is 323 Å². The van der Waals surface area contributed by atoms with E-state index in [0.29, 0.717) is 0 Å². The standard InChI is InChI=1S/C54H35N.C42H28N2.C40H26N4/c1-2-14-38(15-3-1)53-48-20-10-11-21-50(48)55-54(53)39-26-22-37(23-27-39)42-30-31-47-49(34-42)52(44-29-25-36-13-5-7-17-41(36)33-44)46-19-9-8-18-45(46)51(47)43-28-24-35-12-4-6-16-40(35)32-43;1-2-8-29(9-3-1)34-16-17-39-40(28-34)42(36-13-7-11-33(27-36)31-20-24-44-25-21-31)38-15-5-4-14-37(38)41(39)35-12-6-10-32(26-35)30-18-22-43-23-19-30;1-2-10-27(11-3-1)28-16-19-33-34(24-28)40(30-18-21-38(44-26-30)36-15-7-9-23-42-36)32-13-5-4-12-31(32)39(33)29-17-20-37(43-25-29)35-14-6-8-22-41-35/h1-34,53H;1-28H;1-26H. The third-order valence-electron chi connectivity index (χ3n) is 28.1. The molecule has 0 spiro atoms. The van der Waals surface area contributed by atoms with Gasteiger partial charge in [-0.25, -0.2) is 0 Å². The van der Waals surface area contributed by atoms with Crippen LogP contribution in [0.5, 0.6) is 0 Å². The van der Waals surface area contributed by atoms with Gasteiger partial charge in [-0.2, -0.15) is 0 Å². The van der Waals surface area contributed by atoms with Gasteiger partial charge in [0.1, 0.15) is 0 Å². The van der Waals surface area contributed by atoms with E-state index in [1.165, 1.54) is 186 Å². The van der Waals surface area contributed by atoms with Gasteiger partial charge in [0.05, 0.1) is 40.1 Å². The Morgan fingerprint density at radius 2 is 0.448 bits per heavy atom. The van der Waals surface area contributed by atoms with E-state index in [0.717, 1.165) is 73.1 Å². The summed E-state index contributed by atoms with van der Waals surface area (Å²) in [6, 6.07) is 174. The van der Waals surface area contributed by atoms with Crippen LogP contribution in [0.2, 0.25) is 0 Å². The van der Waals surface area contributed by atoms with Crippen LogP contribution in [0.25, 0.3) is 231 Å². The fraction of sp³-hybridized carbons (Fsp3) is 0.00735. The van der Waals surface area contributed by atoms with Gasteiger partial charge in [-0.3, -0.25) is 34.9 Å². The molecule has 0 saturated carbocycles. The molecular formula is C136H89N7. The van der Waals surface area contributed by atoms with E-state index >= 15 is 0 Å². The fourth-order valence-electron chi connectivity index (χ4n) is 21.3. The predicted octanol–water partition coefficient (Wildman–Crippen LogP) is 35.6. The molecule has 0 aliphatic carbocycles. The molecule has 7 heterocycles. The van der Waals surface area contributed by atoms with E-state index in [1.807, 2.05) is 73.6 Å². The molecule has 7 nitrogen and oxygen atoms in total. The number of aromatic nitrogens is 6. The number of fused-ring (bicyclic) bond motifs is 9. The van der Waals surface area contributed by atoms with Gasteiger partial charge in [0.25, 0.3) is 0 Å². The molecule has 1 unspecified atom stereocenters. The summed E-state index contributed by atoms with van der Waals surface area (Å²) in [5.74, 6) is 0.107. The van der Waals surface area contributed by atoms with Gasteiger partial charge in [0, 0.05) is 60.7 Å². The van der Waals surface area contributed by atoms with Crippen LogP contribution in [0.4, 0.5) is 5.69 Å². The highest BCUT2D eigenvalue weighted by atomic mass is 14.8. The predicted molar refractivity (Wildman–Crippen MR) is 598 cm³/mol. The van der Waals surface area contributed by atoms with E-state index in [-0.39, 0.29) is 5.92 Å². The second-order valence-electron chi connectivity index (χ2n) is 36.4. The van der Waals surface area contributed by atoms with Crippen molar-refractivity contribution in [2.75, 3.05) is 0 Å². The largest absolute Gasteiger partial charge is 0.265 e. The zero-order valence-electron chi connectivity index (χ0n) is 78.0. The molecule has 0 fully saturated rings. The fourth-order valence-corrected chi connectivity index (χ4v) is 21.3. The second kappa shape index (κ2) is 37.9. The van der Waals surface area contributed by atoms with E-state index in [1.54, 1.807) is 12.4 Å². The highest BCUT2D eigenvalue weighted by Crippen LogP contribution is 2.52. The lowest BCUT2D eigenvalue weighted by Gasteiger charge is -2.19. The zero-order chi connectivity index (χ0) is 94.9. The van der Waals surface area contributed by atoms with Crippen molar-refractivity contribution in [3.8, 4) is 145 Å². The number of hydrogen-bond acceptors (Lipinski definition) is 7. The molecule has 0 radical (unpaired) electrons. The topological polar surface area (TPSA) is 89.7 Å².